The fourth-order valence-electron chi connectivity index (χ4n) is 3.72. The Morgan fingerprint density at radius 2 is 1.21 bits per heavy atom. The molecule has 0 aliphatic rings. The minimum atomic E-state index is -0.487. The third-order valence-corrected chi connectivity index (χ3v) is 5.16. The summed E-state index contributed by atoms with van der Waals surface area (Å²) in [6.07, 6.45) is 2.28. The third kappa shape index (κ3) is 5.01. The molecule has 29 heavy (non-hydrogen) atoms. The molecule has 0 bridgehead atoms. The molecule has 156 valence electrons. The lowest BCUT2D eigenvalue weighted by Gasteiger charge is -2.20. The van der Waals surface area contributed by atoms with Crippen molar-refractivity contribution in [2.75, 3.05) is 13.2 Å². The van der Waals surface area contributed by atoms with Crippen molar-refractivity contribution in [3.63, 3.8) is 0 Å². The fourth-order valence-corrected chi connectivity index (χ4v) is 3.72. The lowest BCUT2D eigenvalue weighted by Crippen LogP contribution is -2.18. The van der Waals surface area contributed by atoms with Gasteiger partial charge in [-0.15, -0.1) is 0 Å². The van der Waals surface area contributed by atoms with Gasteiger partial charge in [0.1, 0.15) is 24.7 Å². The number of ether oxygens (including phenoxy) is 2. The van der Waals surface area contributed by atoms with E-state index in [-0.39, 0.29) is 13.2 Å². The van der Waals surface area contributed by atoms with Crippen LogP contribution in [0, 0.1) is 6.92 Å². The minimum absolute atomic E-state index is 0.260. The molecule has 0 heterocycles. The van der Waals surface area contributed by atoms with Crippen molar-refractivity contribution in [1.82, 2.24) is 0 Å². The van der Waals surface area contributed by atoms with Gasteiger partial charge in [0.15, 0.2) is 0 Å². The summed E-state index contributed by atoms with van der Waals surface area (Å²) in [5, 5.41) is 24.2. The van der Waals surface area contributed by atoms with E-state index in [1.165, 1.54) is 0 Å². The standard InChI is InChI=1S/C25H32O4/c1-4-8-18(26)15-28-24-20-10-6-7-11-21(20)25(29-16-19(27)9-5-2)23-14-17(3)12-13-22(23)24/h6-7,10-14,18-19,26-27H,4-5,8-9,15-16H2,1-3H3. The molecule has 2 unspecified atom stereocenters. The summed E-state index contributed by atoms with van der Waals surface area (Å²) in [5.41, 5.74) is 1.13. The first-order chi connectivity index (χ1) is 14.0. The highest BCUT2D eigenvalue weighted by molar-refractivity contribution is 6.11. The van der Waals surface area contributed by atoms with Gasteiger partial charge in [-0.2, -0.15) is 0 Å². The van der Waals surface area contributed by atoms with E-state index in [1.807, 2.05) is 30.3 Å². The number of hydrogen-bond donors (Lipinski definition) is 2. The smallest absolute Gasteiger partial charge is 0.135 e. The van der Waals surface area contributed by atoms with Crippen LogP contribution < -0.4 is 9.47 Å². The van der Waals surface area contributed by atoms with E-state index in [2.05, 4.69) is 32.9 Å². The highest BCUT2D eigenvalue weighted by Gasteiger charge is 2.18. The molecule has 0 aliphatic carbocycles. The third-order valence-electron chi connectivity index (χ3n) is 5.16. The van der Waals surface area contributed by atoms with Crippen LogP contribution in [-0.2, 0) is 0 Å². The molecule has 2 N–H and O–H groups in total. The molecule has 3 aromatic carbocycles. The minimum Gasteiger partial charge on any atom is -0.490 e. The zero-order valence-electron chi connectivity index (χ0n) is 17.6. The second-order valence-corrected chi connectivity index (χ2v) is 7.76. The number of hydrogen-bond acceptors (Lipinski definition) is 4. The first-order valence-electron chi connectivity index (χ1n) is 10.6. The summed E-state index contributed by atoms with van der Waals surface area (Å²) in [4.78, 5) is 0. The van der Waals surface area contributed by atoms with Gasteiger partial charge in [0.05, 0.1) is 12.2 Å². The quantitative estimate of drug-likeness (QED) is 0.452. The van der Waals surface area contributed by atoms with Crippen LogP contribution in [-0.4, -0.2) is 35.6 Å². The Kier molecular flexibility index (Phi) is 7.34. The van der Waals surface area contributed by atoms with E-state index in [9.17, 15) is 10.2 Å². The summed E-state index contributed by atoms with van der Waals surface area (Å²) in [6.45, 7) is 6.68. The summed E-state index contributed by atoms with van der Waals surface area (Å²) in [5.74, 6) is 1.54. The molecule has 4 heteroatoms. The Bertz CT molecular complexity index is 950. The summed E-state index contributed by atoms with van der Waals surface area (Å²) >= 11 is 0. The largest absolute Gasteiger partial charge is 0.490 e. The number of benzene rings is 3. The zero-order valence-corrected chi connectivity index (χ0v) is 17.6. The highest BCUT2D eigenvalue weighted by Crippen LogP contribution is 2.43. The lowest BCUT2D eigenvalue weighted by molar-refractivity contribution is 0.0997. The normalized spacial score (nSPS) is 13.6. The maximum Gasteiger partial charge on any atom is 0.135 e. The van der Waals surface area contributed by atoms with Crippen LogP contribution >= 0.6 is 0 Å². The topological polar surface area (TPSA) is 58.9 Å². The number of rotatable bonds is 10. The van der Waals surface area contributed by atoms with Gasteiger partial charge in [-0.25, -0.2) is 0 Å². The molecule has 2 atom stereocenters. The van der Waals surface area contributed by atoms with Gasteiger partial charge < -0.3 is 19.7 Å². The van der Waals surface area contributed by atoms with Crippen molar-refractivity contribution in [3.8, 4) is 11.5 Å². The van der Waals surface area contributed by atoms with Crippen molar-refractivity contribution in [1.29, 1.82) is 0 Å². The maximum atomic E-state index is 10.2. The van der Waals surface area contributed by atoms with Gasteiger partial charge in [-0.05, 0) is 25.8 Å². The Morgan fingerprint density at radius 1 is 0.724 bits per heavy atom. The van der Waals surface area contributed by atoms with Gasteiger partial charge >= 0.3 is 0 Å². The molecule has 0 spiro atoms. The molecule has 4 nitrogen and oxygen atoms in total. The Hall–Kier alpha value is -2.30. The van der Waals surface area contributed by atoms with Gasteiger partial charge in [-0.1, -0.05) is 68.7 Å². The molecule has 0 fully saturated rings. The SMILES string of the molecule is CCCC(O)COc1c2ccccc2c(OCC(O)CCC)c2cc(C)ccc12. The zero-order chi connectivity index (χ0) is 20.8. The molecule has 3 aromatic rings. The van der Waals surface area contributed by atoms with Gasteiger partial charge in [0, 0.05) is 21.5 Å². The molecular weight excluding hydrogens is 364 g/mol. The Morgan fingerprint density at radius 3 is 1.72 bits per heavy atom. The predicted molar refractivity (Wildman–Crippen MR) is 119 cm³/mol. The van der Waals surface area contributed by atoms with Crippen molar-refractivity contribution in [2.24, 2.45) is 0 Å². The molecule has 0 saturated carbocycles. The van der Waals surface area contributed by atoms with Crippen LogP contribution in [0.2, 0.25) is 0 Å². The fraction of sp³-hybridized carbons (Fsp3) is 0.440. The van der Waals surface area contributed by atoms with E-state index in [1.54, 1.807) is 0 Å². The highest BCUT2D eigenvalue weighted by atomic mass is 16.5. The Labute approximate surface area is 173 Å². The van der Waals surface area contributed by atoms with Gasteiger partial charge in [0.2, 0.25) is 0 Å². The molecule has 0 saturated heterocycles. The van der Waals surface area contributed by atoms with Crippen LogP contribution in [0.1, 0.15) is 45.1 Å². The second-order valence-electron chi connectivity index (χ2n) is 7.76. The van der Waals surface area contributed by atoms with Crippen molar-refractivity contribution >= 4 is 21.5 Å². The molecule has 0 amide bonds. The van der Waals surface area contributed by atoms with Crippen LogP contribution in [0.15, 0.2) is 42.5 Å². The molecule has 0 aliphatic heterocycles. The molecular formula is C25H32O4. The maximum absolute atomic E-state index is 10.2. The molecule has 3 rings (SSSR count). The van der Waals surface area contributed by atoms with E-state index in [0.29, 0.717) is 12.8 Å². The molecule has 0 aromatic heterocycles. The summed E-state index contributed by atoms with van der Waals surface area (Å²) in [6, 6.07) is 14.2. The number of aliphatic hydroxyl groups excluding tert-OH is 2. The van der Waals surface area contributed by atoms with Crippen molar-refractivity contribution in [3.05, 3.63) is 48.0 Å². The van der Waals surface area contributed by atoms with Crippen LogP contribution in [0.4, 0.5) is 0 Å². The van der Waals surface area contributed by atoms with Gasteiger partial charge in [-0.3, -0.25) is 0 Å². The lowest BCUT2D eigenvalue weighted by atomic mass is 9.99. The van der Waals surface area contributed by atoms with Crippen molar-refractivity contribution in [2.45, 2.75) is 58.7 Å². The number of aliphatic hydroxyl groups is 2. The van der Waals surface area contributed by atoms with Gasteiger partial charge in [0.25, 0.3) is 0 Å². The van der Waals surface area contributed by atoms with E-state index >= 15 is 0 Å². The van der Waals surface area contributed by atoms with Crippen LogP contribution in [0.25, 0.3) is 21.5 Å². The Balaban J connectivity index is 2.10. The first kappa shape index (κ1) is 21.4. The second kappa shape index (κ2) is 9.95. The molecule has 0 radical (unpaired) electrons. The van der Waals surface area contributed by atoms with Crippen LogP contribution in [0.5, 0.6) is 11.5 Å². The van der Waals surface area contributed by atoms with E-state index in [4.69, 9.17) is 9.47 Å². The van der Waals surface area contributed by atoms with Crippen LogP contribution in [0.3, 0.4) is 0 Å². The average molecular weight is 397 g/mol. The predicted octanol–water partition coefficient (Wildman–Crippen LogP) is 5.38. The number of fused-ring (bicyclic) bond motifs is 2. The van der Waals surface area contributed by atoms with E-state index < -0.39 is 12.2 Å². The summed E-state index contributed by atoms with van der Waals surface area (Å²) in [7, 11) is 0. The number of aryl methyl sites for hydroxylation is 1. The van der Waals surface area contributed by atoms with E-state index in [0.717, 1.165) is 51.4 Å². The summed E-state index contributed by atoms with van der Waals surface area (Å²) < 4.78 is 12.3. The monoisotopic (exact) mass is 396 g/mol. The first-order valence-corrected chi connectivity index (χ1v) is 10.6. The average Bonchev–Trinajstić information content (AvgIpc) is 2.71. The van der Waals surface area contributed by atoms with Crippen molar-refractivity contribution < 1.29 is 19.7 Å².